The van der Waals surface area contributed by atoms with Gasteiger partial charge in [0.05, 0.1) is 0 Å². The first-order chi connectivity index (χ1) is 27.1. The van der Waals surface area contributed by atoms with Crippen molar-refractivity contribution in [2.75, 3.05) is 18.6 Å². The van der Waals surface area contributed by atoms with Gasteiger partial charge >= 0.3 is 11.9 Å². The van der Waals surface area contributed by atoms with E-state index in [1.165, 1.54) is 11.8 Å². The minimum absolute atomic E-state index is 0.0701. The molecule has 0 bridgehead atoms. The lowest BCUT2D eigenvalue weighted by Crippen LogP contribution is -2.60. The largest absolute Gasteiger partial charge is 0.481 e. The van der Waals surface area contributed by atoms with Crippen molar-refractivity contribution in [3.8, 4) is 0 Å². The number of carbonyl (C=O) groups is 10. The summed E-state index contributed by atoms with van der Waals surface area (Å²) in [6.07, 6.45) is -0.165. The Morgan fingerprint density at radius 1 is 0.621 bits per heavy atom. The molecule has 0 aliphatic carbocycles. The second-order valence-corrected chi connectivity index (χ2v) is 14.4. The number of carbonyl (C=O) groups excluding carboxylic acids is 8. The fraction of sp³-hybridized carbons (Fsp3) is 0.676. The molecule has 0 spiro atoms. The zero-order valence-corrected chi connectivity index (χ0v) is 34.0. The molecule has 7 atom stereocenters. The SMILES string of the molecule is CC[C@H](C)[C@H](NC(=O)[C@H](CCC(=O)O)NC(=O)[C@H](CCC(=O)O)NC(C)=O)C(=O)N[C@@H](CCCNC(=N)N)C(=O)N[C@@H](CCSC)C(=O)N[C@@H](CCC(N)=O)C(N)=O. The highest BCUT2D eigenvalue weighted by Crippen LogP contribution is 2.12. The molecule has 0 fully saturated rings. The molecule has 0 aromatic rings. The maximum atomic E-state index is 13.9. The van der Waals surface area contributed by atoms with Crippen LogP contribution >= 0.6 is 11.8 Å². The number of nitrogens with one attached hydrogen (secondary N) is 8. The summed E-state index contributed by atoms with van der Waals surface area (Å²) in [5.41, 5.74) is 15.9. The van der Waals surface area contributed by atoms with Crippen LogP contribution in [0.25, 0.3) is 0 Å². The third kappa shape index (κ3) is 22.2. The van der Waals surface area contributed by atoms with E-state index in [1.54, 1.807) is 20.1 Å². The number of amides is 8. The highest BCUT2D eigenvalue weighted by molar-refractivity contribution is 7.98. The molecular weight excluding hydrogens is 787 g/mol. The van der Waals surface area contributed by atoms with Gasteiger partial charge in [0.1, 0.15) is 36.3 Å². The number of hydrogen-bond acceptors (Lipinski definition) is 12. The van der Waals surface area contributed by atoms with Gasteiger partial charge in [-0.2, -0.15) is 11.8 Å². The number of guanidine groups is 1. The van der Waals surface area contributed by atoms with E-state index in [4.69, 9.17) is 27.7 Å². The van der Waals surface area contributed by atoms with Gasteiger partial charge < -0.3 is 64.6 Å². The van der Waals surface area contributed by atoms with Gasteiger partial charge in [-0.05, 0) is 56.5 Å². The molecule has 0 rings (SSSR count). The highest BCUT2D eigenvalue weighted by Gasteiger charge is 2.35. The van der Waals surface area contributed by atoms with Crippen molar-refractivity contribution in [2.45, 2.75) is 121 Å². The van der Waals surface area contributed by atoms with Crippen LogP contribution in [-0.4, -0.2) is 130 Å². The standard InChI is InChI=1S/C34H59N11O12S/c1-5-17(2)27(45-32(56)22(10-13-26(50)51)42-30(54)21(40-18(3)46)9-12-25(48)49)33(57)44-20(7-6-15-39-34(37)38)29(53)43-23(14-16-58-4)31(55)41-19(28(36)52)8-11-24(35)47/h17,19-23,27H,5-16H2,1-4H3,(H2,35,47)(H2,36,52)(H,40,46)(H,41,55)(H,42,54)(H,43,53)(H,44,57)(H,45,56)(H,48,49)(H,50,51)(H4,37,38,39)/t17-,19-,20-,21-,22-,23-,27-/m0/s1. The van der Waals surface area contributed by atoms with Gasteiger partial charge in [-0.15, -0.1) is 0 Å². The first-order valence-corrected chi connectivity index (χ1v) is 19.9. The normalized spacial score (nSPS) is 14.3. The third-order valence-electron chi connectivity index (χ3n) is 8.61. The number of thioether (sulfide) groups is 1. The molecule has 0 unspecified atom stereocenters. The number of primary amides is 2. The Labute approximate surface area is 340 Å². The average molecular weight is 846 g/mol. The molecule has 0 aliphatic heterocycles. The number of nitrogens with two attached hydrogens (primary N) is 3. The van der Waals surface area contributed by atoms with Crippen molar-refractivity contribution in [3.63, 3.8) is 0 Å². The summed E-state index contributed by atoms with van der Waals surface area (Å²) in [6, 6.07) is -8.21. The lowest BCUT2D eigenvalue weighted by molar-refractivity contribution is -0.140. The molecule has 0 aliphatic rings. The lowest BCUT2D eigenvalue weighted by atomic mass is 9.96. The Bertz CT molecular complexity index is 1480. The maximum Gasteiger partial charge on any atom is 0.303 e. The van der Waals surface area contributed by atoms with E-state index < -0.39 is 121 Å². The summed E-state index contributed by atoms with van der Waals surface area (Å²) in [6.45, 7) is 4.51. The van der Waals surface area contributed by atoms with Crippen LogP contribution in [0.15, 0.2) is 0 Å². The van der Waals surface area contributed by atoms with E-state index >= 15 is 0 Å². The minimum Gasteiger partial charge on any atom is -0.481 e. The molecular formula is C34H59N11O12S. The fourth-order valence-corrected chi connectivity index (χ4v) is 5.70. The lowest BCUT2D eigenvalue weighted by Gasteiger charge is -2.29. The average Bonchev–Trinajstić information content (AvgIpc) is 3.13. The number of hydrogen-bond donors (Lipinski definition) is 13. The predicted molar refractivity (Wildman–Crippen MR) is 210 cm³/mol. The Hall–Kier alpha value is -5.68. The van der Waals surface area contributed by atoms with Crippen LogP contribution in [0.4, 0.5) is 0 Å². The predicted octanol–water partition coefficient (Wildman–Crippen LogP) is -3.54. The molecule has 0 radical (unpaired) electrons. The van der Waals surface area contributed by atoms with Gasteiger partial charge in [0.25, 0.3) is 0 Å². The van der Waals surface area contributed by atoms with Gasteiger partial charge in [-0.3, -0.25) is 53.4 Å². The molecule has 0 saturated heterocycles. The number of carboxylic acids is 2. The molecule has 8 amide bonds. The Morgan fingerprint density at radius 2 is 1.05 bits per heavy atom. The van der Waals surface area contributed by atoms with E-state index in [9.17, 15) is 53.1 Å². The second kappa shape index (κ2) is 27.8. The highest BCUT2D eigenvalue weighted by atomic mass is 32.2. The number of carboxylic acid groups (broad SMARTS) is 2. The Balaban J connectivity index is 6.51. The summed E-state index contributed by atoms with van der Waals surface area (Å²) in [7, 11) is 0. The fourth-order valence-electron chi connectivity index (χ4n) is 5.23. The zero-order valence-electron chi connectivity index (χ0n) is 33.1. The molecule has 58 heavy (non-hydrogen) atoms. The van der Waals surface area contributed by atoms with E-state index in [0.717, 1.165) is 6.92 Å². The maximum absolute atomic E-state index is 13.9. The first-order valence-electron chi connectivity index (χ1n) is 18.5. The van der Waals surface area contributed by atoms with Crippen molar-refractivity contribution in [1.82, 2.24) is 37.2 Å². The molecule has 0 aromatic heterocycles. The topological polar surface area (TPSA) is 397 Å². The van der Waals surface area contributed by atoms with Crippen LogP contribution in [0.3, 0.4) is 0 Å². The zero-order chi connectivity index (χ0) is 44.5. The summed E-state index contributed by atoms with van der Waals surface area (Å²) in [4.78, 5) is 125. The van der Waals surface area contributed by atoms with E-state index in [1.807, 2.05) is 0 Å². The molecule has 23 nitrogen and oxygen atoms in total. The van der Waals surface area contributed by atoms with Crippen LogP contribution in [0.5, 0.6) is 0 Å². The molecule has 0 heterocycles. The summed E-state index contributed by atoms with van der Waals surface area (Å²) in [5, 5.41) is 43.1. The van der Waals surface area contributed by atoms with Crippen LogP contribution in [0, 0.1) is 11.3 Å². The Morgan fingerprint density at radius 3 is 1.48 bits per heavy atom. The van der Waals surface area contributed by atoms with Gasteiger partial charge in [0, 0.05) is 32.7 Å². The minimum atomic E-state index is -1.57. The molecule has 0 saturated carbocycles. The van der Waals surface area contributed by atoms with Gasteiger partial charge in [-0.1, -0.05) is 20.3 Å². The quantitative estimate of drug-likeness (QED) is 0.0189. The number of rotatable bonds is 30. The third-order valence-corrected chi connectivity index (χ3v) is 9.26. The van der Waals surface area contributed by atoms with Crippen LogP contribution in [0.2, 0.25) is 0 Å². The number of aliphatic carboxylic acids is 2. The van der Waals surface area contributed by atoms with E-state index in [2.05, 4.69) is 37.2 Å². The van der Waals surface area contributed by atoms with Gasteiger partial charge in [-0.25, -0.2) is 0 Å². The molecule has 16 N–H and O–H groups in total. The second-order valence-electron chi connectivity index (χ2n) is 13.4. The summed E-state index contributed by atoms with van der Waals surface area (Å²) < 4.78 is 0. The first kappa shape index (κ1) is 52.3. The van der Waals surface area contributed by atoms with Gasteiger partial charge in [0.2, 0.25) is 47.3 Å². The smallest absolute Gasteiger partial charge is 0.303 e. The van der Waals surface area contributed by atoms with Crippen molar-refractivity contribution >= 4 is 76.9 Å². The van der Waals surface area contributed by atoms with Crippen molar-refractivity contribution in [1.29, 1.82) is 5.41 Å². The molecule has 0 aromatic carbocycles. The monoisotopic (exact) mass is 845 g/mol. The van der Waals surface area contributed by atoms with Crippen molar-refractivity contribution in [2.24, 2.45) is 23.1 Å². The van der Waals surface area contributed by atoms with Crippen molar-refractivity contribution < 1.29 is 58.2 Å². The van der Waals surface area contributed by atoms with Crippen molar-refractivity contribution in [3.05, 3.63) is 0 Å². The Kier molecular flexibility index (Phi) is 25.1. The van der Waals surface area contributed by atoms with Crippen LogP contribution in [-0.2, 0) is 47.9 Å². The summed E-state index contributed by atoms with van der Waals surface area (Å²) in [5.74, 6) is -10.0. The van der Waals surface area contributed by atoms with Crippen LogP contribution in [0.1, 0.15) is 85.0 Å². The van der Waals surface area contributed by atoms with E-state index in [-0.39, 0.29) is 51.0 Å². The van der Waals surface area contributed by atoms with Gasteiger partial charge in [0.15, 0.2) is 5.96 Å². The molecule has 328 valence electrons. The molecule has 24 heteroatoms. The summed E-state index contributed by atoms with van der Waals surface area (Å²) >= 11 is 1.35. The van der Waals surface area contributed by atoms with E-state index in [0.29, 0.717) is 12.2 Å². The van der Waals surface area contributed by atoms with Crippen LogP contribution < -0.4 is 54.4 Å².